The number of carbonyl (C=O) groups is 1. The molecule has 0 N–H and O–H groups in total. The number of nitrogens with zero attached hydrogens (tertiary/aromatic N) is 5. The molecule has 4 rings (SSSR count). The van der Waals surface area contributed by atoms with Gasteiger partial charge in [0.15, 0.2) is 0 Å². The zero-order chi connectivity index (χ0) is 14.6. The number of hydrogen-bond donors (Lipinski definition) is 0. The molecule has 0 aromatic carbocycles. The minimum atomic E-state index is -0.0144. The molecule has 2 aliphatic heterocycles. The standard InChI is InChI=1S/C14H16ClN5O/c1-18-3-2-9-5-19(8-12(9)18)13(21)11-7-20-6-10(15)4-16-14(20)17-11/h4,6-7,9,12H,2-3,5,8H2,1H3/t9-,12+/m1/s1. The van der Waals surface area contributed by atoms with Crippen molar-refractivity contribution in [3.05, 3.63) is 29.3 Å². The Morgan fingerprint density at radius 2 is 2.24 bits per heavy atom. The van der Waals surface area contributed by atoms with Gasteiger partial charge in [-0.05, 0) is 25.9 Å². The average molecular weight is 306 g/mol. The van der Waals surface area contributed by atoms with Crippen molar-refractivity contribution in [1.82, 2.24) is 24.2 Å². The van der Waals surface area contributed by atoms with Crippen molar-refractivity contribution in [2.24, 2.45) is 5.92 Å². The minimum absolute atomic E-state index is 0.0144. The Balaban J connectivity index is 1.59. The minimum Gasteiger partial charge on any atom is -0.335 e. The van der Waals surface area contributed by atoms with Crippen molar-refractivity contribution < 1.29 is 4.79 Å². The highest BCUT2D eigenvalue weighted by molar-refractivity contribution is 6.30. The van der Waals surface area contributed by atoms with E-state index >= 15 is 0 Å². The van der Waals surface area contributed by atoms with Crippen LogP contribution in [0.3, 0.4) is 0 Å². The molecule has 2 atom stereocenters. The topological polar surface area (TPSA) is 53.7 Å². The maximum atomic E-state index is 12.6. The first-order chi connectivity index (χ1) is 10.1. The Morgan fingerprint density at radius 3 is 3.05 bits per heavy atom. The molecule has 2 aromatic heterocycles. The highest BCUT2D eigenvalue weighted by Crippen LogP contribution is 2.30. The molecule has 0 bridgehead atoms. The summed E-state index contributed by atoms with van der Waals surface area (Å²) in [5, 5.41) is 0.524. The van der Waals surface area contributed by atoms with Crippen LogP contribution in [0.15, 0.2) is 18.6 Å². The van der Waals surface area contributed by atoms with Gasteiger partial charge in [-0.3, -0.25) is 9.20 Å². The van der Waals surface area contributed by atoms with Gasteiger partial charge in [0.25, 0.3) is 5.91 Å². The lowest BCUT2D eigenvalue weighted by atomic mass is 10.1. The van der Waals surface area contributed by atoms with Gasteiger partial charge in [-0.15, -0.1) is 0 Å². The molecule has 7 heteroatoms. The van der Waals surface area contributed by atoms with E-state index in [0.717, 1.165) is 19.6 Å². The smallest absolute Gasteiger partial charge is 0.274 e. The third-order valence-corrected chi connectivity index (χ3v) is 4.81. The van der Waals surface area contributed by atoms with E-state index < -0.39 is 0 Å². The third-order valence-electron chi connectivity index (χ3n) is 4.61. The molecule has 6 nitrogen and oxygen atoms in total. The van der Waals surface area contributed by atoms with E-state index in [4.69, 9.17) is 11.6 Å². The van der Waals surface area contributed by atoms with Crippen LogP contribution < -0.4 is 0 Å². The van der Waals surface area contributed by atoms with Crippen molar-refractivity contribution in [3.8, 4) is 0 Å². The molecule has 1 amide bonds. The average Bonchev–Trinajstić information content (AvgIpc) is 3.13. The van der Waals surface area contributed by atoms with Gasteiger partial charge in [0, 0.05) is 31.5 Å². The van der Waals surface area contributed by atoms with Crippen molar-refractivity contribution in [2.75, 3.05) is 26.7 Å². The van der Waals surface area contributed by atoms with E-state index in [0.29, 0.717) is 28.5 Å². The maximum Gasteiger partial charge on any atom is 0.274 e. The largest absolute Gasteiger partial charge is 0.335 e. The number of hydrogen-bond acceptors (Lipinski definition) is 4. The second kappa shape index (κ2) is 4.68. The number of rotatable bonds is 1. The molecule has 2 saturated heterocycles. The third kappa shape index (κ3) is 2.10. The lowest BCUT2D eigenvalue weighted by Crippen LogP contribution is -2.35. The second-order valence-electron chi connectivity index (χ2n) is 5.91. The molecule has 0 unspecified atom stereocenters. The molecule has 0 spiro atoms. The van der Waals surface area contributed by atoms with Crippen LogP contribution in [-0.4, -0.2) is 62.8 Å². The van der Waals surface area contributed by atoms with Crippen molar-refractivity contribution in [1.29, 1.82) is 0 Å². The Hall–Kier alpha value is -1.66. The van der Waals surface area contributed by atoms with Crippen LogP contribution in [0.2, 0.25) is 5.02 Å². The zero-order valence-electron chi connectivity index (χ0n) is 11.7. The van der Waals surface area contributed by atoms with E-state index in [1.165, 1.54) is 12.6 Å². The fourth-order valence-electron chi connectivity index (χ4n) is 3.46. The van der Waals surface area contributed by atoms with Gasteiger partial charge in [-0.2, -0.15) is 0 Å². The monoisotopic (exact) mass is 305 g/mol. The molecule has 0 radical (unpaired) electrons. The fraction of sp³-hybridized carbons (Fsp3) is 0.500. The lowest BCUT2D eigenvalue weighted by Gasteiger charge is -2.19. The second-order valence-corrected chi connectivity index (χ2v) is 6.35. The van der Waals surface area contributed by atoms with Crippen LogP contribution in [0, 0.1) is 5.92 Å². The number of imidazole rings is 1. The summed E-state index contributed by atoms with van der Waals surface area (Å²) >= 11 is 5.90. The Kier molecular flexibility index (Phi) is 2.90. The van der Waals surface area contributed by atoms with E-state index in [9.17, 15) is 4.79 Å². The summed E-state index contributed by atoms with van der Waals surface area (Å²) in [6.45, 7) is 2.76. The van der Waals surface area contributed by atoms with Crippen LogP contribution in [-0.2, 0) is 0 Å². The Labute approximate surface area is 127 Å². The maximum absolute atomic E-state index is 12.6. The van der Waals surface area contributed by atoms with Gasteiger partial charge in [-0.1, -0.05) is 11.6 Å². The highest BCUT2D eigenvalue weighted by atomic mass is 35.5. The normalized spacial score (nSPS) is 25.7. The van der Waals surface area contributed by atoms with Crippen LogP contribution in [0.5, 0.6) is 0 Å². The number of fused-ring (bicyclic) bond motifs is 2. The van der Waals surface area contributed by atoms with Crippen LogP contribution in [0.1, 0.15) is 16.9 Å². The lowest BCUT2D eigenvalue weighted by molar-refractivity contribution is 0.0769. The quantitative estimate of drug-likeness (QED) is 0.793. The van der Waals surface area contributed by atoms with Crippen molar-refractivity contribution in [3.63, 3.8) is 0 Å². The van der Waals surface area contributed by atoms with Crippen molar-refractivity contribution >= 4 is 23.3 Å². The number of halogens is 1. The molecule has 21 heavy (non-hydrogen) atoms. The molecular formula is C14H16ClN5O. The summed E-state index contributed by atoms with van der Waals surface area (Å²) in [4.78, 5) is 25.3. The van der Waals surface area contributed by atoms with Gasteiger partial charge in [-0.25, -0.2) is 9.97 Å². The molecule has 110 valence electrons. The SMILES string of the molecule is CN1CC[C@@H]2CN(C(=O)c3cn4cc(Cl)cnc4n3)C[C@@H]21. The number of amides is 1. The molecule has 2 aliphatic rings. The fourth-order valence-corrected chi connectivity index (χ4v) is 3.62. The highest BCUT2D eigenvalue weighted by Gasteiger charge is 2.41. The van der Waals surface area contributed by atoms with Gasteiger partial charge >= 0.3 is 0 Å². The van der Waals surface area contributed by atoms with Crippen LogP contribution in [0.25, 0.3) is 5.78 Å². The summed E-state index contributed by atoms with van der Waals surface area (Å²) < 4.78 is 1.69. The number of aromatic nitrogens is 3. The Bertz CT molecular complexity index is 714. The number of likely N-dealkylation sites (N-methyl/N-ethyl adjacent to an activating group) is 1. The van der Waals surface area contributed by atoms with Gasteiger partial charge in [0.1, 0.15) is 5.69 Å². The van der Waals surface area contributed by atoms with Gasteiger partial charge in [0.05, 0.1) is 11.2 Å². The first kappa shape index (κ1) is 13.0. The molecule has 2 aromatic rings. The number of likely N-dealkylation sites (tertiary alicyclic amines) is 2. The first-order valence-corrected chi connectivity index (χ1v) is 7.49. The summed E-state index contributed by atoms with van der Waals surface area (Å²) in [5.41, 5.74) is 0.437. The molecule has 4 heterocycles. The summed E-state index contributed by atoms with van der Waals surface area (Å²) in [7, 11) is 2.13. The van der Waals surface area contributed by atoms with E-state index in [1.54, 1.807) is 16.8 Å². The first-order valence-electron chi connectivity index (χ1n) is 7.11. The van der Waals surface area contributed by atoms with E-state index in [-0.39, 0.29) is 5.91 Å². The van der Waals surface area contributed by atoms with E-state index in [1.807, 2.05) is 4.90 Å². The van der Waals surface area contributed by atoms with E-state index in [2.05, 4.69) is 21.9 Å². The molecule has 0 saturated carbocycles. The zero-order valence-corrected chi connectivity index (χ0v) is 12.5. The summed E-state index contributed by atoms with van der Waals surface area (Å²) in [5.74, 6) is 1.09. The Morgan fingerprint density at radius 1 is 1.38 bits per heavy atom. The van der Waals surface area contributed by atoms with Gasteiger partial charge < -0.3 is 9.80 Å². The summed E-state index contributed by atoms with van der Waals surface area (Å²) in [6, 6.07) is 0.499. The van der Waals surface area contributed by atoms with Crippen LogP contribution in [0.4, 0.5) is 0 Å². The summed E-state index contributed by atoms with van der Waals surface area (Å²) in [6.07, 6.45) is 6.12. The predicted molar refractivity (Wildman–Crippen MR) is 78.4 cm³/mol. The van der Waals surface area contributed by atoms with Crippen LogP contribution >= 0.6 is 11.6 Å². The van der Waals surface area contributed by atoms with Crippen molar-refractivity contribution in [2.45, 2.75) is 12.5 Å². The number of carbonyl (C=O) groups excluding carboxylic acids is 1. The van der Waals surface area contributed by atoms with Gasteiger partial charge in [0.2, 0.25) is 5.78 Å². The molecular weight excluding hydrogens is 290 g/mol. The predicted octanol–water partition coefficient (Wildman–Crippen LogP) is 1.16. The molecule has 0 aliphatic carbocycles. The molecule has 2 fully saturated rings.